The Labute approximate surface area is 204 Å². The van der Waals surface area contributed by atoms with E-state index in [1.807, 2.05) is 24.3 Å². The lowest BCUT2D eigenvalue weighted by molar-refractivity contribution is 0.0320. The van der Waals surface area contributed by atoms with Crippen LogP contribution in [0.3, 0.4) is 0 Å². The smallest absolute Gasteiger partial charge is 0.324 e. The molecule has 1 aromatic carbocycles. The van der Waals surface area contributed by atoms with Crippen LogP contribution in [0.25, 0.3) is 0 Å². The molecule has 1 aromatic heterocycles. The van der Waals surface area contributed by atoms with Crippen LogP contribution < -0.4 is 25.6 Å². The van der Waals surface area contributed by atoms with Crippen molar-refractivity contribution in [2.45, 2.75) is 26.7 Å². The number of urea groups is 1. The van der Waals surface area contributed by atoms with Crippen molar-refractivity contribution in [3.63, 3.8) is 0 Å². The lowest BCUT2D eigenvalue weighted by atomic mass is 10.3. The summed E-state index contributed by atoms with van der Waals surface area (Å²) in [6.45, 7) is 12.7. The van der Waals surface area contributed by atoms with Crippen LogP contribution in [-0.2, 0) is 4.74 Å². The molecule has 2 heterocycles. The summed E-state index contributed by atoms with van der Waals surface area (Å²) < 4.78 is 11.4. The number of para-hydroxylation sites is 1. The Bertz CT molecular complexity index is 904. The summed E-state index contributed by atoms with van der Waals surface area (Å²) in [7, 11) is 0.583. The van der Waals surface area contributed by atoms with Crippen molar-refractivity contribution < 1.29 is 14.3 Å². The Morgan fingerprint density at radius 3 is 2.59 bits per heavy atom. The topological polar surface area (TPSA) is 91.9 Å². The van der Waals surface area contributed by atoms with E-state index in [2.05, 4.69) is 50.9 Å². The molecule has 1 aliphatic rings. The normalized spacial score (nSPS) is 14.3. The highest BCUT2D eigenvalue weighted by Crippen LogP contribution is 2.21. The lowest BCUT2D eigenvalue weighted by Gasteiger charge is -2.26. The minimum absolute atomic E-state index is 0.341. The van der Waals surface area contributed by atoms with Crippen molar-refractivity contribution in [3.8, 4) is 5.88 Å². The van der Waals surface area contributed by atoms with Crippen LogP contribution >= 0.6 is 8.58 Å². The van der Waals surface area contributed by atoms with Gasteiger partial charge in [-0.25, -0.2) is 4.79 Å². The number of hydrogen-bond donors (Lipinski definition) is 2. The first kappa shape index (κ1) is 26.1. The molecular formula is C24H37N6O3P. The number of aromatic nitrogens is 2. The molecule has 1 unspecified atom stereocenters. The van der Waals surface area contributed by atoms with E-state index in [0.29, 0.717) is 32.8 Å². The molecule has 3 rings (SSSR count). The van der Waals surface area contributed by atoms with Gasteiger partial charge in [-0.1, -0.05) is 40.6 Å². The van der Waals surface area contributed by atoms with Gasteiger partial charge in [0.15, 0.2) is 0 Å². The van der Waals surface area contributed by atoms with Crippen molar-refractivity contribution >= 4 is 37.4 Å². The third kappa shape index (κ3) is 8.08. The number of morpholine rings is 1. The number of anilines is 3. The van der Waals surface area contributed by atoms with Crippen LogP contribution in [0.2, 0.25) is 0 Å². The fourth-order valence-corrected chi connectivity index (χ4v) is 4.41. The highest BCUT2D eigenvalue weighted by molar-refractivity contribution is 7.46. The third-order valence-electron chi connectivity index (χ3n) is 5.41. The molecule has 0 spiro atoms. The minimum atomic E-state index is -0.341. The summed E-state index contributed by atoms with van der Waals surface area (Å²) in [6, 6.07) is 9.16. The van der Waals surface area contributed by atoms with Gasteiger partial charge in [0.2, 0.25) is 11.8 Å². The molecule has 1 atom stereocenters. The van der Waals surface area contributed by atoms with E-state index in [-0.39, 0.29) is 6.03 Å². The Morgan fingerprint density at radius 2 is 1.88 bits per heavy atom. The Morgan fingerprint density at radius 1 is 1.15 bits per heavy atom. The second kappa shape index (κ2) is 14.0. The fraction of sp³-hybridized carbons (Fsp3) is 0.542. The molecule has 0 bridgehead atoms. The summed E-state index contributed by atoms with van der Waals surface area (Å²) in [5, 5.41) is 6.91. The highest BCUT2D eigenvalue weighted by Gasteiger charge is 2.15. The molecule has 186 valence electrons. The predicted molar refractivity (Wildman–Crippen MR) is 141 cm³/mol. The van der Waals surface area contributed by atoms with E-state index in [1.54, 1.807) is 6.07 Å². The molecule has 0 aliphatic carbocycles. The van der Waals surface area contributed by atoms with Crippen molar-refractivity contribution in [3.05, 3.63) is 30.3 Å². The zero-order valence-electron chi connectivity index (χ0n) is 20.5. The van der Waals surface area contributed by atoms with Crippen LogP contribution in [0.4, 0.5) is 22.2 Å². The summed E-state index contributed by atoms with van der Waals surface area (Å²) in [6.07, 6.45) is 1.95. The SMILES string of the molecule is CCCN(CCC)c1nc(NC(=O)Nc2ccccc2PC)cc(OCCN2CCOCC2)n1. The van der Waals surface area contributed by atoms with Gasteiger partial charge >= 0.3 is 6.03 Å². The summed E-state index contributed by atoms with van der Waals surface area (Å²) in [5.41, 5.74) is 0.802. The Hall–Kier alpha value is -2.48. The van der Waals surface area contributed by atoms with Crippen LogP contribution in [0.1, 0.15) is 26.7 Å². The van der Waals surface area contributed by atoms with Gasteiger partial charge in [0.1, 0.15) is 12.4 Å². The van der Waals surface area contributed by atoms with Gasteiger partial charge in [-0.15, -0.1) is 0 Å². The minimum Gasteiger partial charge on any atom is -0.476 e. The van der Waals surface area contributed by atoms with E-state index in [1.165, 1.54) is 0 Å². The van der Waals surface area contributed by atoms with Crippen LogP contribution in [-0.4, -0.2) is 80.1 Å². The molecule has 2 aromatic rings. The van der Waals surface area contributed by atoms with Gasteiger partial charge in [-0.2, -0.15) is 9.97 Å². The first-order valence-corrected chi connectivity index (χ1v) is 13.5. The van der Waals surface area contributed by atoms with Crippen molar-refractivity contribution in [1.29, 1.82) is 0 Å². The molecule has 1 saturated heterocycles. The Balaban J connectivity index is 1.73. The summed E-state index contributed by atoms with van der Waals surface area (Å²) in [4.78, 5) is 26.5. The molecule has 34 heavy (non-hydrogen) atoms. The maximum absolute atomic E-state index is 12.8. The van der Waals surface area contributed by atoms with E-state index in [9.17, 15) is 4.79 Å². The van der Waals surface area contributed by atoms with E-state index < -0.39 is 0 Å². The molecular weight excluding hydrogens is 451 g/mol. The number of carbonyl (C=O) groups excluding carboxylic acids is 1. The van der Waals surface area contributed by atoms with Gasteiger partial charge in [-0.3, -0.25) is 10.2 Å². The maximum atomic E-state index is 12.8. The zero-order valence-corrected chi connectivity index (χ0v) is 21.5. The molecule has 1 fully saturated rings. The summed E-state index contributed by atoms with van der Waals surface area (Å²) in [5.74, 6) is 1.44. The predicted octanol–water partition coefficient (Wildman–Crippen LogP) is 3.39. The second-order valence-electron chi connectivity index (χ2n) is 8.06. The standard InChI is InChI=1S/C24H37N6O3P/c1-4-10-30(11-5-2)23-26-21(27-24(31)25-19-8-6-7-9-20(19)34-3)18-22(28-23)33-17-14-29-12-15-32-16-13-29/h6-9,18,34H,4-5,10-17H2,1-3H3,(H2,25,26,27,28,31). The lowest BCUT2D eigenvalue weighted by Crippen LogP contribution is -2.38. The average Bonchev–Trinajstić information content (AvgIpc) is 2.85. The van der Waals surface area contributed by atoms with Gasteiger partial charge in [0.05, 0.1) is 13.2 Å². The van der Waals surface area contributed by atoms with Crippen LogP contribution in [0.5, 0.6) is 5.88 Å². The van der Waals surface area contributed by atoms with Gasteiger partial charge < -0.3 is 19.7 Å². The van der Waals surface area contributed by atoms with E-state index in [4.69, 9.17) is 9.47 Å². The van der Waals surface area contributed by atoms with E-state index >= 15 is 0 Å². The summed E-state index contributed by atoms with van der Waals surface area (Å²) >= 11 is 0. The van der Waals surface area contributed by atoms with Gasteiger partial charge in [0, 0.05) is 44.5 Å². The molecule has 10 heteroatoms. The van der Waals surface area contributed by atoms with Gasteiger partial charge in [-0.05, 0) is 30.9 Å². The molecule has 0 saturated carbocycles. The van der Waals surface area contributed by atoms with Crippen molar-refractivity contribution in [2.24, 2.45) is 0 Å². The van der Waals surface area contributed by atoms with Crippen molar-refractivity contribution in [2.75, 3.05) is 74.7 Å². The van der Waals surface area contributed by atoms with Crippen LogP contribution in [0.15, 0.2) is 30.3 Å². The zero-order chi connectivity index (χ0) is 24.2. The number of benzene rings is 1. The van der Waals surface area contributed by atoms with Crippen molar-refractivity contribution in [1.82, 2.24) is 14.9 Å². The number of rotatable bonds is 12. The number of ether oxygens (including phenoxy) is 2. The highest BCUT2D eigenvalue weighted by atomic mass is 31.1. The number of nitrogens with one attached hydrogen (secondary N) is 2. The second-order valence-corrected chi connectivity index (χ2v) is 9.09. The quantitative estimate of drug-likeness (QED) is 0.443. The first-order valence-electron chi connectivity index (χ1n) is 12.0. The molecule has 1 aliphatic heterocycles. The monoisotopic (exact) mass is 488 g/mol. The Kier molecular flexibility index (Phi) is 10.8. The first-order chi connectivity index (χ1) is 16.6. The molecule has 2 N–H and O–H groups in total. The molecule has 9 nitrogen and oxygen atoms in total. The van der Waals surface area contributed by atoms with Crippen LogP contribution in [0, 0.1) is 0 Å². The van der Waals surface area contributed by atoms with E-state index in [0.717, 1.165) is 69.8 Å². The van der Waals surface area contributed by atoms with Gasteiger partial charge in [0.25, 0.3) is 0 Å². The molecule has 2 amide bonds. The largest absolute Gasteiger partial charge is 0.476 e. The number of nitrogens with zero attached hydrogens (tertiary/aromatic N) is 4. The number of hydrogen-bond acceptors (Lipinski definition) is 7. The maximum Gasteiger partial charge on any atom is 0.324 e. The number of carbonyl (C=O) groups is 1. The fourth-order valence-electron chi connectivity index (χ4n) is 3.73. The number of amides is 2. The molecule has 0 radical (unpaired) electrons. The third-order valence-corrected chi connectivity index (χ3v) is 6.38. The average molecular weight is 489 g/mol.